The van der Waals surface area contributed by atoms with E-state index in [2.05, 4.69) is 22.1 Å². The Morgan fingerprint density at radius 1 is 1.53 bits per heavy atom. The fraction of sp³-hybridized carbons (Fsp3) is 0.615. The summed E-state index contributed by atoms with van der Waals surface area (Å²) in [5.41, 5.74) is 0.958. The van der Waals surface area contributed by atoms with Crippen LogP contribution in [0.15, 0.2) is 18.5 Å². The summed E-state index contributed by atoms with van der Waals surface area (Å²) >= 11 is 0. The van der Waals surface area contributed by atoms with Gasteiger partial charge >= 0.3 is 0 Å². The second kappa shape index (κ2) is 5.56. The van der Waals surface area contributed by atoms with Crippen molar-refractivity contribution in [1.82, 2.24) is 15.2 Å². The minimum absolute atomic E-state index is 0.249. The summed E-state index contributed by atoms with van der Waals surface area (Å²) in [6, 6.07) is 2.18. The zero-order chi connectivity index (χ0) is 12.3. The van der Waals surface area contributed by atoms with Crippen LogP contribution in [0.2, 0.25) is 0 Å². The van der Waals surface area contributed by atoms with Gasteiger partial charge in [0.05, 0.1) is 6.20 Å². The molecule has 4 heteroatoms. The van der Waals surface area contributed by atoms with Crippen molar-refractivity contribution < 1.29 is 4.39 Å². The van der Waals surface area contributed by atoms with E-state index in [1.165, 1.54) is 6.20 Å². The summed E-state index contributed by atoms with van der Waals surface area (Å²) < 4.78 is 13.0. The molecule has 0 spiro atoms. The lowest BCUT2D eigenvalue weighted by atomic mass is 9.94. The third-order valence-corrected chi connectivity index (χ3v) is 3.53. The number of likely N-dealkylation sites (tertiary alicyclic amines) is 1. The van der Waals surface area contributed by atoms with Crippen LogP contribution in [0.25, 0.3) is 0 Å². The van der Waals surface area contributed by atoms with Crippen molar-refractivity contribution in [3.05, 3.63) is 29.8 Å². The van der Waals surface area contributed by atoms with Gasteiger partial charge in [0.25, 0.3) is 0 Å². The molecule has 94 valence electrons. The van der Waals surface area contributed by atoms with Crippen LogP contribution in [0.1, 0.15) is 18.9 Å². The standard InChI is InChI=1S/C13H20FN3/c1-10-8-17(4-3-13(10)15-2)9-11-5-12(14)7-16-6-11/h5-7,10,13,15H,3-4,8-9H2,1-2H3. The highest BCUT2D eigenvalue weighted by atomic mass is 19.1. The van der Waals surface area contributed by atoms with E-state index >= 15 is 0 Å². The minimum atomic E-state index is -0.249. The number of rotatable bonds is 3. The van der Waals surface area contributed by atoms with Crippen molar-refractivity contribution in [3.63, 3.8) is 0 Å². The predicted molar refractivity (Wildman–Crippen MR) is 66.1 cm³/mol. The molecule has 1 N–H and O–H groups in total. The van der Waals surface area contributed by atoms with E-state index in [0.29, 0.717) is 12.0 Å². The maximum absolute atomic E-state index is 13.0. The van der Waals surface area contributed by atoms with Crippen molar-refractivity contribution in [1.29, 1.82) is 0 Å². The summed E-state index contributed by atoms with van der Waals surface area (Å²) in [7, 11) is 2.02. The second-order valence-corrected chi connectivity index (χ2v) is 4.91. The Morgan fingerprint density at radius 3 is 3.00 bits per heavy atom. The average Bonchev–Trinajstić information content (AvgIpc) is 2.29. The van der Waals surface area contributed by atoms with Crippen LogP contribution in [0, 0.1) is 11.7 Å². The first-order valence-electron chi connectivity index (χ1n) is 6.18. The molecule has 1 aromatic heterocycles. The number of halogens is 1. The van der Waals surface area contributed by atoms with Crippen LogP contribution in [0.3, 0.4) is 0 Å². The van der Waals surface area contributed by atoms with Gasteiger partial charge in [-0.25, -0.2) is 4.39 Å². The quantitative estimate of drug-likeness (QED) is 0.866. The first kappa shape index (κ1) is 12.5. The highest BCUT2D eigenvalue weighted by Crippen LogP contribution is 2.18. The topological polar surface area (TPSA) is 28.2 Å². The molecule has 0 saturated carbocycles. The van der Waals surface area contributed by atoms with Crippen molar-refractivity contribution in [2.45, 2.75) is 25.9 Å². The molecule has 2 heterocycles. The molecule has 0 bridgehead atoms. The number of hydrogen-bond acceptors (Lipinski definition) is 3. The highest BCUT2D eigenvalue weighted by molar-refractivity contribution is 5.10. The molecule has 1 saturated heterocycles. The molecule has 2 unspecified atom stereocenters. The highest BCUT2D eigenvalue weighted by Gasteiger charge is 2.24. The van der Waals surface area contributed by atoms with E-state index in [9.17, 15) is 4.39 Å². The fourth-order valence-electron chi connectivity index (χ4n) is 2.60. The van der Waals surface area contributed by atoms with Gasteiger partial charge in [-0.05, 0) is 37.6 Å². The molecule has 2 atom stereocenters. The van der Waals surface area contributed by atoms with Gasteiger partial charge < -0.3 is 5.32 Å². The lowest BCUT2D eigenvalue weighted by molar-refractivity contribution is 0.145. The summed E-state index contributed by atoms with van der Waals surface area (Å²) in [6.45, 7) is 5.18. The van der Waals surface area contributed by atoms with Crippen molar-refractivity contribution in [2.24, 2.45) is 5.92 Å². The van der Waals surface area contributed by atoms with E-state index < -0.39 is 0 Å². The lowest BCUT2D eigenvalue weighted by Gasteiger charge is -2.36. The monoisotopic (exact) mass is 237 g/mol. The Balaban J connectivity index is 1.93. The van der Waals surface area contributed by atoms with E-state index in [1.54, 1.807) is 12.3 Å². The molecule has 3 nitrogen and oxygen atoms in total. The molecule has 1 fully saturated rings. The molecular weight excluding hydrogens is 217 g/mol. The molecule has 0 aliphatic carbocycles. The number of nitrogens with zero attached hydrogens (tertiary/aromatic N) is 2. The van der Waals surface area contributed by atoms with Crippen molar-refractivity contribution in [2.75, 3.05) is 20.1 Å². The Hall–Kier alpha value is -1.00. The van der Waals surface area contributed by atoms with Gasteiger partial charge in [0.15, 0.2) is 0 Å². The molecule has 17 heavy (non-hydrogen) atoms. The first-order chi connectivity index (χ1) is 8.19. The number of hydrogen-bond donors (Lipinski definition) is 1. The van der Waals surface area contributed by atoms with Crippen LogP contribution < -0.4 is 5.32 Å². The Kier molecular flexibility index (Phi) is 4.07. The van der Waals surface area contributed by atoms with Crippen LogP contribution in [-0.2, 0) is 6.54 Å². The number of piperidine rings is 1. The van der Waals surface area contributed by atoms with E-state index in [-0.39, 0.29) is 5.82 Å². The average molecular weight is 237 g/mol. The maximum Gasteiger partial charge on any atom is 0.141 e. The normalized spacial score (nSPS) is 26.1. The van der Waals surface area contributed by atoms with Gasteiger partial charge in [0, 0.05) is 25.3 Å². The van der Waals surface area contributed by atoms with E-state index in [0.717, 1.165) is 31.6 Å². The number of aromatic nitrogens is 1. The molecular formula is C13H20FN3. The fourth-order valence-corrected chi connectivity index (χ4v) is 2.60. The van der Waals surface area contributed by atoms with Gasteiger partial charge in [-0.15, -0.1) is 0 Å². The Bertz CT molecular complexity index is 369. The largest absolute Gasteiger partial charge is 0.317 e. The zero-order valence-electron chi connectivity index (χ0n) is 10.5. The van der Waals surface area contributed by atoms with E-state index in [4.69, 9.17) is 0 Å². The molecule has 0 amide bonds. The molecule has 1 aliphatic heterocycles. The van der Waals surface area contributed by atoms with Crippen molar-refractivity contribution >= 4 is 0 Å². The van der Waals surface area contributed by atoms with Crippen molar-refractivity contribution in [3.8, 4) is 0 Å². The second-order valence-electron chi connectivity index (χ2n) is 4.91. The van der Waals surface area contributed by atoms with Gasteiger partial charge in [-0.2, -0.15) is 0 Å². The Morgan fingerprint density at radius 2 is 2.35 bits per heavy atom. The molecule has 2 rings (SSSR count). The number of pyridine rings is 1. The first-order valence-corrected chi connectivity index (χ1v) is 6.18. The van der Waals surface area contributed by atoms with Gasteiger partial charge in [-0.1, -0.05) is 6.92 Å². The van der Waals surface area contributed by atoms with Gasteiger partial charge in [0.2, 0.25) is 0 Å². The predicted octanol–water partition coefficient (Wildman–Crippen LogP) is 1.65. The summed E-state index contributed by atoms with van der Waals surface area (Å²) in [5.74, 6) is 0.385. The smallest absolute Gasteiger partial charge is 0.141 e. The number of nitrogens with one attached hydrogen (secondary N) is 1. The molecule has 1 aromatic rings. The third-order valence-electron chi connectivity index (χ3n) is 3.53. The molecule has 1 aliphatic rings. The van der Waals surface area contributed by atoms with Gasteiger partial charge in [-0.3, -0.25) is 9.88 Å². The summed E-state index contributed by atoms with van der Waals surface area (Å²) in [5, 5.41) is 3.35. The minimum Gasteiger partial charge on any atom is -0.317 e. The zero-order valence-corrected chi connectivity index (χ0v) is 10.5. The summed E-state index contributed by atoms with van der Waals surface area (Å²) in [6.07, 6.45) is 4.15. The molecule has 0 radical (unpaired) electrons. The SMILES string of the molecule is CNC1CCN(Cc2cncc(F)c2)CC1C. The Labute approximate surface area is 102 Å². The van der Waals surface area contributed by atoms with Crippen LogP contribution >= 0.6 is 0 Å². The van der Waals surface area contributed by atoms with Crippen LogP contribution in [-0.4, -0.2) is 36.1 Å². The molecule has 0 aromatic carbocycles. The van der Waals surface area contributed by atoms with E-state index in [1.807, 2.05) is 7.05 Å². The van der Waals surface area contributed by atoms with Gasteiger partial charge in [0.1, 0.15) is 5.82 Å². The maximum atomic E-state index is 13.0. The third kappa shape index (κ3) is 3.23. The van der Waals surface area contributed by atoms with Crippen LogP contribution in [0.4, 0.5) is 4.39 Å². The summed E-state index contributed by atoms with van der Waals surface area (Å²) in [4.78, 5) is 6.26. The van der Waals surface area contributed by atoms with Crippen LogP contribution in [0.5, 0.6) is 0 Å². The lowest BCUT2D eigenvalue weighted by Crippen LogP contribution is -2.46.